The van der Waals surface area contributed by atoms with Crippen LogP contribution < -0.4 is 26.0 Å². The number of benzene rings is 1. The predicted octanol–water partition coefficient (Wildman–Crippen LogP) is 2.34. The fraction of sp³-hybridized carbons (Fsp3) is 0.385. The first kappa shape index (κ1) is 23.8. The maximum absolute atomic E-state index is 13.0. The largest absolute Gasteiger partial charge is 0.490 e. The van der Waals surface area contributed by atoms with Crippen molar-refractivity contribution < 1.29 is 14.3 Å². The van der Waals surface area contributed by atoms with Crippen LogP contribution in [0.5, 0.6) is 5.75 Å². The molecule has 4 heterocycles. The SMILES string of the molecule is CCC1CCNCC1C=CNC(=O)c1cc(C(=O)NCc2ccc3c(c2)NCCO3)nc2ccnn12. The molecule has 188 valence electrons. The second-order valence-corrected chi connectivity index (χ2v) is 9.07. The highest BCUT2D eigenvalue weighted by atomic mass is 16.5. The highest BCUT2D eigenvalue weighted by molar-refractivity contribution is 5.98. The molecule has 2 atom stereocenters. The third-order valence-electron chi connectivity index (χ3n) is 6.76. The standard InChI is InChI=1S/C26H31N7O3/c1-2-18-5-8-27-16-19(18)6-9-29-26(35)22-14-21(32-24-7-10-31-33(22)24)25(34)30-15-17-3-4-23-20(13-17)28-11-12-36-23/h3-4,6-7,9-10,13-14,18-19,27-28H,2,5,8,11-12,15-16H2,1H3,(H,29,35)(H,30,34). The zero-order chi connectivity index (χ0) is 24.9. The van der Waals surface area contributed by atoms with E-state index in [4.69, 9.17) is 4.74 Å². The first-order valence-corrected chi connectivity index (χ1v) is 12.4. The number of hydrogen-bond acceptors (Lipinski definition) is 7. The second kappa shape index (κ2) is 10.8. The normalized spacial score (nSPS) is 19.4. The molecule has 4 N–H and O–H groups in total. The minimum Gasteiger partial charge on any atom is -0.490 e. The molecule has 10 nitrogen and oxygen atoms in total. The Morgan fingerprint density at radius 2 is 2.14 bits per heavy atom. The summed E-state index contributed by atoms with van der Waals surface area (Å²) in [7, 11) is 0. The molecule has 2 unspecified atom stereocenters. The highest BCUT2D eigenvalue weighted by Gasteiger charge is 2.21. The molecule has 0 spiro atoms. The number of anilines is 1. The van der Waals surface area contributed by atoms with E-state index in [-0.39, 0.29) is 23.2 Å². The molecule has 0 saturated carbocycles. The van der Waals surface area contributed by atoms with E-state index >= 15 is 0 Å². The smallest absolute Gasteiger partial charge is 0.274 e. The van der Waals surface area contributed by atoms with Crippen molar-refractivity contribution >= 4 is 23.1 Å². The van der Waals surface area contributed by atoms with E-state index in [0.717, 1.165) is 49.5 Å². The topological polar surface area (TPSA) is 122 Å². The van der Waals surface area contributed by atoms with Crippen molar-refractivity contribution in [3.63, 3.8) is 0 Å². The third-order valence-corrected chi connectivity index (χ3v) is 6.76. The molecule has 0 aliphatic carbocycles. The monoisotopic (exact) mass is 489 g/mol. The highest BCUT2D eigenvalue weighted by Crippen LogP contribution is 2.28. The van der Waals surface area contributed by atoms with Gasteiger partial charge in [0.1, 0.15) is 23.7 Å². The summed E-state index contributed by atoms with van der Waals surface area (Å²) >= 11 is 0. The predicted molar refractivity (Wildman–Crippen MR) is 136 cm³/mol. The van der Waals surface area contributed by atoms with Gasteiger partial charge in [0.25, 0.3) is 11.8 Å². The third kappa shape index (κ3) is 5.18. The van der Waals surface area contributed by atoms with E-state index in [1.165, 1.54) is 10.6 Å². The van der Waals surface area contributed by atoms with Crippen LogP contribution in [-0.4, -0.2) is 52.7 Å². The van der Waals surface area contributed by atoms with Crippen molar-refractivity contribution in [3.8, 4) is 5.75 Å². The van der Waals surface area contributed by atoms with Gasteiger partial charge >= 0.3 is 0 Å². The maximum Gasteiger partial charge on any atom is 0.274 e. The van der Waals surface area contributed by atoms with Crippen LogP contribution in [0.15, 0.2) is 48.8 Å². The van der Waals surface area contributed by atoms with Crippen LogP contribution in [0, 0.1) is 11.8 Å². The van der Waals surface area contributed by atoms with Gasteiger partial charge < -0.3 is 26.0 Å². The number of ether oxygens (including phenoxy) is 1. The summed E-state index contributed by atoms with van der Waals surface area (Å²) in [5, 5.41) is 16.6. The molecule has 0 radical (unpaired) electrons. The molecule has 2 aliphatic heterocycles. The number of carbonyl (C=O) groups excluding carboxylic acids is 2. The average Bonchev–Trinajstić information content (AvgIpc) is 3.40. The lowest BCUT2D eigenvalue weighted by Gasteiger charge is -2.29. The summed E-state index contributed by atoms with van der Waals surface area (Å²) in [5.41, 5.74) is 2.65. The summed E-state index contributed by atoms with van der Waals surface area (Å²) in [5.74, 6) is 1.06. The number of carbonyl (C=O) groups is 2. The maximum atomic E-state index is 13.0. The van der Waals surface area contributed by atoms with Gasteiger partial charge in [-0.25, -0.2) is 9.50 Å². The summed E-state index contributed by atoms with van der Waals surface area (Å²) < 4.78 is 7.04. The van der Waals surface area contributed by atoms with Crippen molar-refractivity contribution in [2.24, 2.45) is 11.8 Å². The van der Waals surface area contributed by atoms with Gasteiger partial charge in [-0.05, 0) is 42.5 Å². The fourth-order valence-corrected chi connectivity index (χ4v) is 4.75. The van der Waals surface area contributed by atoms with Gasteiger partial charge in [-0.3, -0.25) is 9.59 Å². The lowest BCUT2D eigenvalue weighted by Crippen LogP contribution is -2.35. The van der Waals surface area contributed by atoms with Crippen LogP contribution in [0.3, 0.4) is 0 Å². The zero-order valence-electron chi connectivity index (χ0n) is 20.3. The molecule has 1 fully saturated rings. The van der Waals surface area contributed by atoms with E-state index < -0.39 is 0 Å². The lowest BCUT2D eigenvalue weighted by atomic mass is 9.84. The van der Waals surface area contributed by atoms with Crippen LogP contribution in [-0.2, 0) is 6.54 Å². The molecular weight excluding hydrogens is 458 g/mol. The summed E-state index contributed by atoms with van der Waals surface area (Å²) in [4.78, 5) is 30.3. The molecule has 2 aliphatic rings. The minimum absolute atomic E-state index is 0.152. The Bertz CT molecular complexity index is 1290. The van der Waals surface area contributed by atoms with Crippen LogP contribution in [0.25, 0.3) is 5.65 Å². The van der Waals surface area contributed by atoms with Crippen molar-refractivity contribution in [2.45, 2.75) is 26.3 Å². The fourth-order valence-electron chi connectivity index (χ4n) is 4.75. The van der Waals surface area contributed by atoms with E-state index in [1.54, 1.807) is 18.5 Å². The Morgan fingerprint density at radius 3 is 3.03 bits per heavy atom. The van der Waals surface area contributed by atoms with Crippen LogP contribution in [0.1, 0.15) is 46.3 Å². The van der Waals surface area contributed by atoms with Gasteiger partial charge in [0.15, 0.2) is 5.65 Å². The van der Waals surface area contributed by atoms with E-state index in [2.05, 4.69) is 38.3 Å². The molecule has 5 rings (SSSR count). The van der Waals surface area contributed by atoms with Crippen molar-refractivity contribution in [1.29, 1.82) is 0 Å². The first-order chi connectivity index (χ1) is 17.6. The average molecular weight is 490 g/mol. The van der Waals surface area contributed by atoms with Crippen LogP contribution in [0.4, 0.5) is 5.69 Å². The molecule has 1 aromatic carbocycles. The van der Waals surface area contributed by atoms with Crippen LogP contribution in [0.2, 0.25) is 0 Å². The van der Waals surface area contributed by atoms with Gasteiger partial charge in [0.2, 0.25) is 0 Å². The molecule has 1 saturated heterocycles. The number of nitrogens with one attached hydrogen (secondary N) is 4. The van der Waals surface area contributed by atoms with Crippen LogP contribution >= 0.6 is 0 Å². The number of nitrogens with zero attached hydrogens (tertiary/aromatic N) is 3. The van der Waals surface area contributed by atoms with Gasteiger partial charge in [0, 0.05) is 38.0 Å². The first-order valence-electron chi connectivity index (χ1n) is 12.4. The van der Waals surface area contributed by atoms with Crippen molar-refractivity contribution in [1.82, 2.24) is 30.5 Å². The van der Waals surface area contributed by atoms with Gasteiger partial charge in [0.05, 0.1) is 11.9 Å². The molecule has 10 heteroatoms. The molecule has 36 heavy (non-hydrogen) atoms. The number of fused-ring (bicyclic) bond motifs is 2. The molecule has 2 amide bonds. The Kier molecular flexibility index (Phi) is 7.13. The van der Waals surface area contributed by atoms with E-state index in [1.807, 2.05) is 24.3 Å². The molecule has 3 aromatic rings. The summed E-state index contributed by atoms with van der Waals surface area (Å²) in [6.45, 7) is 5.83. The Labute approximate surface area is 209 Å². The Hall–Kier alpha value is -3.92. The molecular formula is C26H31N7O3. The van der Waals surface area contributed by atoms with Gasteiger partial charge in [-0.15, -0.1) is 0 Å². The second-order valence-electron chi connectivity index (χ2n) is 9.07. The summed E-state index contributed by atoms with van der Waals surface area (Å²) in [6.07, 6.45) is 7.54. The van der Waals surface area contributed by atoms with Crippen molar-refractivity contribution in [2.75, 3.05) is 31.6 Å². The molecule has 0 bridgehead atoms. The summed E-state index contributed by atoms with van der Waals surface area (Å²) in [6, 6.07) is 8.89. The van der Waals surface area contributed by atoms with E-state index in [0.29, 0.717) is 30.6 Å². The Morgan fingerprint density at radius 1 is 1.22 bits per heavy atom. The van der Waals surface area contributed by atoms with Gasteiger partial charge in [-0.2, -0.15) is 5.10 Å². The van der Waals surface area contributed by atoms with E-state index in [9.17, 15) is 9.59 Å². The Balaban J connectivity index is 1.28. The van der Waals surface area contributed by atoms with Crippen molar-refractivity contribution in [3.05, 3.63) is 65.8 Å². The zero-order valence-corrected chi connectivity index (χ0v) is 20.3. The number of hydrogen-bond donors (Lipinski definition) is 4. The number of amides is 2. The number of aromatic nitrogens is 3. The minimum atomic E-state index is -0.371. The molecule has 2 aromatic heterocycles. The number of rotatable bonds is 7. The van der Waals surface area contributed by atoms with Gasteiger partial charge in [-0.1, -0.05) is 25.5 Å². The lowest BCUT2D eigenvalue weighted by molar-refractivity contribution is 0.0946. The quantitative estimate of drug-likeness (QED) is 0.402. The number of piperidine rings is 1.